The standard InChI is InChI=1S/C18H24N4O4/c1-25-16(24)7-3-8-19-15(23)11-13-5-4-10-22(12-13)18-21-17-14(26-18)6-2-9-20-17/h2,6,9,13H,3-5,7-8,10-12H2,1H3,(H,19,23). The molecular formula is C18H24N4O4. The Morgan fingerprint density at radius 1 is 1.46 bits per heavy atom. The molecule has 3 rings (SSSR count). The number of carbonyl (C=O) groups is 2. The minimum atomic E-state index is -0.255. The number of ether oxygens (including phenoxy) is 1. The molecule has 1 aliphatic heterocycles. The molecule has 1 saturated heterocycles. The van der Waals surface area contributed by atoms with Crippen LogP contribution in [0, 0.1) is 5.92 Å². The molecule has 8 heteroatoms. The maximum absolute atomic E-state index is 12.1. The quantitative estimate of drug-likeness (QED) is 0.595. The van der Waals surface area contributed by atoms with Gasteiger partial charge in [0.2, 0.25) is 11.6 Å². The molecule has 0 aliphatic carbocycles. The van der Waals surface area contributed by atoms with Crippen LogP contribution >= 0.6 is 0 Å². The van der Waals surface area contributed by atoms with E-state index in [-0.39, 0.29) is 17.8 Å². The third-order valence-corrected chi connectivity index (χ3v) is 4.52. The minimum Gasteiger partial charge on any atom is -0.469 e. The maximum atomic E-state index is 12.1. The van der Waals surface area contributed by atoms with Crippen molar-refractivity contribution in [3.8, 4) is 0 Å². The fourth-order valence-electron chi connectivity index (χ4n) is 3.20. The summed E-state index contributed by atoms with van der Waals surface area (Å²) < 4.78 is 10.4. The summed E-state index contributed by atoms with van der Waals surface area (Å²) in [7, 11) is 1.36. The smallest absolute Gasteiger partial charge is 0.305 e. The zero-order valence-corrected chi connectivity index (χ0v) is 14.9. The van der Waals surface area contributed by atoms with Crippen LogP contribution in [0.1, 0.15) is 32.1 Å². The highest BCUT2D eigenvalue weighted by Gasteiger charge is 2.25. The molecule has 1 amide bonds. The number of amides is 1. The summed E-state index contributed by atoms with van der Waals surface area (Å²) in [5.74, 6) is 0.0169. The van der Waals surface area contributed by atoms with E-state index in [9.17, 15) is 9.59 Å². The Hall–Kier alpha value is -2.64. The SMILES string of the molecule is COC(=O)CCCNC(=O)CC1CCCN(c2nc3ncccc3o2)C1. The van der Waals surface area contributed by atoms with E-state index in [1.54, 1.807) is 6.20 Å². The first-order chi connectivity index (χ1) is 12.7. The number of carbonyl (C=O) groups excluding carboxylic acids is 2. The van der Waals surface area contributed by atoms with E-state index in [1.807, 2.05) is 12.1 Å². The summed E-state index contributed by atoms with van der Waals surface area (Å²) >= 11 is 0. The summed E-state index contributed by atoms with van der Waals surface area (Å²) in [6, 6.07) is 4.24. The Bertz CT molecular complexity index is 727. The van der Waals surface area contributed by atoms with Crippen molar-refractivity contribution in [1.82, 2.24) is 15.3 Å². The van der Waals surface area contributed by atoms with Gasteiger partial charge in [-0.3, -0.25) is 9.59 Å². The molecule has 1 N–H and O–H groups in total. The Kier molecular flexibility index (Phi) is 6.04. The monoisotopic (exact) mass is 360 g/mol. The van der Waals surface area contributed by atoms with Gasteiger partial charge in [0.05, 0.1) is 7.11 Å². The number of nitrogens with zero attached hydrogens (tertiary/aromatic N) is 3. The van der Waals surface area contributed by atoms with Crippen molar-refractivity contribution >= 4 is 29.1 Å². The van der Waals surface area contributed by atoms with Crippen molar-refractivity contribution in [3.05, 3.63) is 18.3 Å². The largest absolute Gasteiger partial charge is 0.469 e. The lowest BCUT2D eigenvalue weighted by molar-refractivity contribution is -0.140. The summed E-state index contributed by atoms with van der Waals surface area (Å²) in [6.07, 6.45) is 5.06. The number of hydrogen-bond acceptors (Lipinski definition) is 7. The Morgan fingerprint density at radius 3 is 3.15 bits per heavy atom. The third kappa shape index (κ3) is 4.71. The van der Waals surface area contributed by atoms with Crippen LogP contribution in [0.25, 0.3) is 11.2 Å². The number of fused-ring (bicyclic) bond motifs is 1. The van der Waals surface area contributed by atoms with Crippen molar-refractivity contribution < 1.29 is 18.7 Å². The normalized spacial score (nSPS) is 17.3. The molecule has 0 saturated carbocycles. The van der Waals surface area contributed by atoms with Crippen LogP contribution < -0.4 is 10.2 Å². The van der Waals surface area contributed by atoms with Gasteiger partial charge in [0.25, 0.3) is 6.01 Å². The molecule has 0 aromatic carbocycles. The van der Waals surface area contributed by atoms with E-state index in [0.717, 1.165) is 25.9 Å². The topological polar surface area (TPSA) is 97.6 Å². The van der Waals surface area contributed by atoms with Gasteiger partial charge in [0.1, 0.15) is 0 Å². The predicted molar refractivity (Wildman–Crippen MR) is 95.6 cm³/mol. The lowest BCUT2D eigenvalue weighted by Crippen LogP contribution is -2.38. The molecular weight excluding hydrogens is 336 g/mol. The molecule has 8 nitrogen and oxygen atoms in total. The lowest BCUT2D eigenvalue weighted by Gasteiger charge is -2.31. The van der Waals surface area contributed by atoms with Crippen molar-refractivity contribution in [1.29, 1.82) is 0 Å². The number of methoxy groups -OCH3 is 1. The number of hydrogen-bond donors (Lipinski definition) is 1. The van der Waals surface area contributed by atoms with Crippen LogP contribution in [0.3, 0.4) is 0 Å². The average molecular weight is 360 g/mol. The Morgan fingerprint density at radius 2 is 2.35 bits per heavy atom. The molecule has 0 radical (unpaired) electrons. The molecule has 140 valence electrons. The van der Waals surface area contributed by atoms with Crippen LogP contribution in [0.2, 0.25) is 0 Å². The van der Waals surface area contributed by atoms with Gasteiger partial charge in [0.15, 0.2) is 5.58 Å². The number of aromatic nitrogens is 2. The van der Waals surface area contributed by atoms with Gasteiger partial charge in [0, 0.05) is 38.7 Å². The maximum Gasteiger partial charge on any atom is 0.305 e. The van der Waals surface area contributed by atoms with Crippen molar-refractivity contribution in [3.63, 3.8) is 0 Å². The first kappa shape index (κ1) is 18.2. The molecule has 1 unspecified atom stereocenters. The fourth-order valence-corrected chi connectivity index (χ4v) is 3.20. The minimum absolute atomic E-state index is 0.0148. The van der Waals surface area contributed by atoms with Crippen molar-refractivity contribution in [2.75, 3.05) is 31.6 Å². The number of piperidine rings is 1. The van der Waals surface area contributed by atoms with E-state index in [1.165, 1.54) is 7.11 Å². The van der Waals surface area contributed by atoms with Gasteiger partial charge >= 0.3 is 5.97 Å². The van der Waals surface area contributed by atoms with Gasteiger partial charge in [-0.1, -0.05) is 0 Å². The van der Waals surface area contributed by atoms with Gasteiger partial charge in [-0.2, -0.15) is 4.98 Å². The van der Waals surface area contributed by atoms with Crippen LogP contribution in [-0.2, 0) is 14.3 Å². The molecule has 2 aromatic rings. The zero-order valence-electron chi connectivity index (χ0n) is 14.9. The summed E-state index contributed by atoms with van der Waals surface area (Å²) in [5.41, 5.74) is 1.28. The number of pyridine rings is 1. The summed E-state index contributed by atoms with van der Waals surface area (Å²) in [4.78, 5) is 33.9. The Labute approximate surface area is 151 Å². The van der Waals surface area contributed by atoms with Crippen molar-refractivity contribution in [2.24, 2.45) is 5.92 Å². The van der Waals surface area contributed by atoms with Crippen LogP contribution in [0.5, 0.6) is 0 Å². The zero-order chi connectivity index (χ0) is 18.4. The molecule has 0 spiro atoms. The number of esters is 1. The summed E-state index contributed by atoms with van der Waals surface area (Å²) in [6.45, 7) is 2.09. The van der Waals surface area contributed by atoms with Crippen LogP contribution in [0.4, 0.5) is 6.01 Å². The lowest BCUT2D eigenvalue weighted by atomic mass is 9.94. The first-order valence-corrected chi connectivity index (χ1v) is 8.95. The molecule has 1 aliphatic rings. The molecule has 1 fully saturated rings. The Balaban J connectivity index is 1.47. The van der Waals surface area contributed by atoms with Gasteiger partial charge in [-0.05, 0) is 37.3 Å². The van der Waals surface area contributed by atoms with Crippen LogP contribution in [-0.4, -0.2) is 48.6 Å². The predicted octanol–water partition coefficient (Wildman–Crippen LogP) is 1.90. The first-order valence-electron chi connectivity index (χ1n) is 8.95. The van der Waals surface area contributed by atoms with Gasteiger partial charge < -0.3 is 19.4 Å². The number of rotatable bonds is 7. The molecule has 1 atom stereocenters. The number of nitrogens with one attached hydrogen (secondary N) is 1. The summed E-state index contributed by atoms with van der Waals surface area (Å²) in [5, 5.41) is 2.87. The second-order valence-corrected chi connectivity index (χ2v) is 6.51. The highest BCUT2D eigenvalue weighted by atomic mass is 16.5. The number of oxazole rings is 1. The second kappa shape index (κ2) is 8.64. The molecule has 3 heterocycles. The van der Waals surface area contributed by atoms with E-state index < -0.39 is 0 Å². The van der Waals surface area contributed by atoms with E-state index in [2.05, 4.69) is 24.9 Å². The molecule has 26 heavy (non-hydrogen) atoms. The van der Waals surface area contributed by atoms with E-state index in [0.29, 0.717) is 43.1 Å². The second-order valence-electron chi connectivity index (χ2n) is 6.51. The highest BCUT2D eigenvalue weighted by Crippen LogP contribution is 2.26. The van der Waals surface area contributed by atoms with E-state index in [4.69, 9.17) is 4.42 Å². The fraction of sp³-hybridized carbons (Fsp3) is 0.556. The van der Waals surface area contributed by atoms with Crippen molar-refractivity contribution in [2.45, 2.75) is 32.1 Å². The van der Waals surface area contributed by atoms with Gasteiger partial charge in [-0.15, -0.1) is 0 Å². The highest BCUT2D eigenvalue weighted by molar-refractivity contribution is 5.76. The van der Waals surface area contributed by atoms with Gasteiger partial charge in [-0.25, -0.2) is 4.98 Å². The molecule has 2 aromatic heterocycles. The number of anilines is 1. The third-order valence-electron chi connectivity index (χ3n) is 4.52. The average Bonchev–Trinajstić information content (AvgIpc) is 3.09. The van der Waals surface area contributed by atoms with E-state index >= 15 is 0 Å². The van der Waals surface area contributed by atoms with Crippen LogP contribution in [0.15, 0.2) is 22.7 Å². The molecule has 0 bridgehead atoms.